The van der Waals surface area contributed by atoms with Gasteiger partial charge in [0.25, 0.3) is 0 Å². The zero-order chi connectivity index (χ0) is 11.1. The van der Waals surface area contributed by atoms with Crippen LogP contribution in [0.15, 0.2) is 12.2 Å². The van der Waals surface area contributed by atoms with Crippen molar-refractivity contribution in [3.8, 4) is 0 Å². The molecule has 0 aliphatic heterocycles. The van der Waals surface area contributed by atoms with Gasteiger partial charge in [0.1, 0.15) is 0 Å². The fourth-order valence-electron chi connectivity index (χ4n) is 2.29. The van der Waals surface area contributed by atoms with Crippen LogP contribution in [0.2, 0.25) is 0 Å². The zero-order valence-electron chi connectivity index (χ0n) is 10.3. The quantitative estimate of drug-likeness (QED) is 0.403. The molecule has 4 atom stereocenters. The van der Waals surface area contributed by atoms with E-state index in [0.29, 0.717) is 8.84 Å². The number of allylic oxidation sites excluding steroid dienone is 2. The minimum atomic E-state index is 0.392. The Morgan fingerprint density at radius 2 is 1.86 bits per heavy atom. The van der Waals surface area contributed by atoms with Crippen molar-refractivity contribution >= 4 is 22.6 Å². The monoisotopic (exact) mass is 306 g/mol. The Balaban J connectivity index is 2.76. The van der Waals surface area contributed by atoms with E-state index >= 15 is 0 Å². The molecule has 0 bridgehead atoms. The third kappa shape index (κ3) is 2.02. The number of rotatable bonds is 3. The number of hydrogen-bond donors (Lipinski definition) is 0. The summed E-state index contributed by atoms with van der Waals surface area (Å²) in [6.45, 7) is 14.2. The molecule has 0 radical (unpaired) electrons. The smallest absolute Gasteiger partial charge is 0.0194 e. The Bertz CT molecular complexity index is 236. The van der Waals surface area contributed by atoms with Crippen LogP contribution in [0.5, 0.6) is 0 Å². The van der Waals surface area contributed by atoms with Crippen LogP contribution in [0.4, 0.5) is 0 Å². The minimum absolute atomic E-state index is 0.392. The normalized spacial score (nSPS) is 36.4. The van der Waals surface area contributed by atoms with Gasteiger partial charge in [-0.3, -0.25) is 0 Å². The van der Waals surface area contributed by atoms with Crippen LogP contribution in [0.1, 0.15) is 41.5 Å². The molecule has 0 amide bonds. The highest BCUT2D eigenvalue weighted by molar-refractivity contribution is 14.1. The standard InChI is InChI=1S/C13H23I/c1-9-7-8-13(9,6)11(3)10(2)12(4,5)14/h7-11H,1-6H3/t9?,10-,11+,13?/m1/s1. The second-order valence-electron chi connectivity index (χ2n) is 5.66. The lowest BCUT2D eigenvalue weighted by atomic mass is 9.58. The van der Waals surface area contributed by atoms with Crippen LogP contribution < -0.4 is 0 Å². The molecule has 0 aromatic heterocycles. The summed E-state index contributed by atoms with van der Waals surface area (Å²) in [6.07, 6.45) is 4.74. The maximum atomic E-state index is 2.58. The third-order valence-corrected chi connectivity index (χ3v) is 5.52. The minimum Gasteiger partial charge on any atom is -0.0842 e. The molecular weight excluding hydrogens is 283 g/mol. The van der Waals surface area contributed by atoms with E-state index in [4.69, 9.17) is 0 Å². The number of halogens is 1. The Morgan fingerprint density at radius 1 is 1.36 bits per heavy atom. The number of hydrogen-bond acceptors (Lipinski definition) is 0. The van der Waals surface area contributed by atoms with E-state index in [1.165, 1.54) is 0 Å². The lowest BCUT2D eigenvalue weighted by molar-refractivity contribution is 0.117. The van der Waals surface area contributed by atoms with E-state index in [2.05, 4.69) is 76.3 Å². The molecule has 1 aliphatic carbocycles. The van der Waals surface area contributed by atoms with Crippen LogP contribution in [-0.2, 0) is 0 Å². The maximum Gasteiger partial charge on any atom is 0.0194 e. The molecule has 14 heavy (non-hydrogen) atoms. The first kappa shape index (κ1) is 12.5. The van der Waals surface area contributed by atoms with Gasteiger partial charge in [-0.2, -0.15) is 0 Å². The largest absolute Gasteiger partial charge is 0.0842 e. The van der Waals surface area contributed by atoms with E-state index in [1.807, 2.05) is 0 Å². The van der Waals surface area contributed by atoms with Gasteiger partial charge in [0.15, 0.2) is 0 Å². The Labute approximate surface area is 103 Å². The summed E-state index contributed by atoms with van der Waals surface area (Å²) in [4.78, 5) is 0. The van der Waals surface area contributed by atoms with E-state index < -0.39 is 0 Å². The SMILES string of the molecule is CC1C=CC1(C)[C@@H](C)[C@@H](C)C(C)(C)I. The topological polar surface area (TPSA) is 0 Å². The summed E-state index contributed by atoms with van der Waals surface area (Å²) in [5.41, 5.74) is 0.432. The molecule has 1 aliphatic rings. The highest BCUT2D eigenvalue weighted by atomic mass is 127. The van der Waals surface area contributed by atoms with E-state index in [9.17, 15) is 0 Å². The van der Waals surface area contributed by atoms with Gasteiger partial charge >= 0.3 is 0 Å². The molecule has 1 heteroatoms. The Morgan fingerprint density at radius 3 is 2.07 bits per heavy atom. The molecule has 0 nitrogen and oxygen atoms in total. The average Bonchev–Trinajstić information content (AvgIpc) is 2.10. The molecule has 0 saturated carbocycles. The van der Waals surface area contributed by atoms with Crippen LogP contribution >= 0.6 is 22.6 Å². The Hall–Kier alpha value is 0.470. The first-order valence-electron chi connectivity index (χ1n) is 5.58. The van der Waals surface area contributed by atoms with Gasteiger partial charge in [-0.1, -0.05) is 76.3 Å². The van der Waals surface area contributed by atoms with Gasteiger partial charge in [0, 0.05) is 3.42 Å². The second-order valence-corrected chi connectivity index (χ2v) is 8.44. The van der Waals surface area contributed by atoms with Crippen LogP contribution in [0, 0.1) is 23.2 Å². The molecule has 0 saturated heterocycles. The van der Waals surface area contributed by atoms with Crippen molar-refractivity contribution in [3.05, 3.63) is 12.2 Å². The van der Waals surface area contributed by atoms with Crippen LogP contribution in [-0.4, -0.2) is 3.42 Å². The molecule has 1 rings (SSSR count). The van der Waals surface area contributed by atoms with Gasteiger partial charge < -0.3 is 0 Å². The molecule has 0 aromatic rings. The Kier molecular flexibility index (Phi) is 3.41. The molecule has 2 unspecified atom stereocenters. The van der Waals surface area contributed by atoms with Crippen molar-refractivity contribution in [2.45, 2.75) is 45.0 Å². The number of alkyl halides is 1. The second kappa shape index (κ2) is 3.80. The van der Waals surface area contributed by atoms with Gasteiger partial charge in [0.05, 0.1) is 0 Å². The molecule has 0 N–H and O–H groups in total. The van der Waals surface area contributed by atoms with E-state index in [-0.39, 0.29) is 0 Å². The lowest BCUT2D eigenvalue weighted by Gasteiger charge is -2.48. The van der Waals surface area contributed by atoms with Gasteiger partial charge in [0.2, 0.25) is 0 Å². The summed E-state index contributed by atoms with van der Waals surface area (Å²) in [5, 5.41) is 0. The van der Waals surface area contributed by atoms with Crippen LogP contribution in [0.3, 0.4) is 0 Å². The van der Waals surface area contributed by atoms with Crippen molar-refractivity contribution in [2.24, 2.45) is 23.2 Å². The highest BCUT2D eigenvalue weighted by Gasteiger charge is 2.43. The maximum absolute atomic E-state index is 2.58. The molecule has 0 fully saturated rings. The summed E-state index contributed by atoms with van der Waals surface area (Å²) in [7, 11) is 0. The third-order valence-electron chi connectivity index (χ3n) is 4.54. The predicted molar refractivity (Wildman–Crippen MR) is 72.8 cm³/mol. The fourth-order valence-corrected chi connectivity index (χ4v) is 2.83. The van der Waals surface area contributed by atoms with Crippen molar-refractivity contribution < 1.29 is 0 Å². The molecule has 0 heterocycles. The first-order chi connectivity index (χ1) is 6.19. The fraction of sp³-hybridized carbons (Fsp3) is 0.846. The van der Waals surface area contributed by atoms with Crippen LogP contribution in [0.25, 0.3) is 0 Å². The predicted octanol–water partition coefficient (Wildman–Crippen LogP) is 4.68. The van der Waals surface area contributed by atoms with Gasteiger partial charge in [-0.05, 0) is 23.2 Å². The highest BCUT2D eigenvalue weighted by Crippen LogP contribution is 2.50. The van der Waals surface area contributed by atoms with Gasteiger partial charge in [-0.25, -0.2) is 0 Å². The van der Waals surface area contributed by atoms with Crippen molar-refractivity contribution in [3.63, 3.8) is 0 Å². The average molecular weight is 306 g/mol. The molecular formula is C13H23I. The first-order valence-corrected chi connectivity index (χ1v) is 6.65. The molecule has 82 valence electrons. The molecule has 0 spiro atoms. The summed E-state index contributed by atoms with van der Waals surface area (Å²) < 4.78 is 0.392. The summed E-state index contributed by atoms with van der Waals surface area (Å²) >= 11 is 2.58. The van der Waals surface area contributed by atoms with E-state index in [0.717, 1.165) is 17.8 Å². The lowest BCUT2D eigenvalue weighted by Crippen LogP contribution is -2.42. The zero-order valence-corrected chi connectivity index (χ0v) is 12.4. The van der Waals surface area contributed by atoms with Crippen molar-refractivity contribution in [1.29, 1.82) is 0 Å². The van der Waals surface area contributed by atoms with Crippen molar-refractivity contribution in [1.82, 2.24) is 0 Å². The van der Waals surface area contributed by atoms with E-state index in [1.54, 1.807) is 0 Å². The summed E-state index contributed by atoms with van der Waals surface area (Å²) in [6, 6.07) is 0. The summed E-state index contributed by atoms with van der Waals surface area (Å²) in [5.74, 6) is 2.26. The van der Waals surface area contributed by atoms with Gasteiger partial charge in [-0.15, -0.1) is 0 Å². The van der Waals surface area contributed by atoms with Crippen molar-refractivity contribution in [2.75, 3.05) is 0 Å². The molecule has 0 aromatic carbocycles.